The van der Waals surface area contributed by atoms with Gasteiger partial charge in [-0.3, -0.25) is 4.57 Å². The second kappa shape index (κ2) is 9.26. The first-order chi connectivity index (χ1) is 16.3. The minimum atomic E-state index is -4.55. The van der Waals surface area contributed by atoms with Gasteiger partial charge in [0.25, 0.3) is 0 Å². The van der Waals surface area contributed by atoms with E-state index < -0.39 is 23.1 Å². The number of methoxy groups -OCH3 is 1. The lowest BCUT2D eigenvalue weighted by molar-refractivity contribution is -0.137. The lowest BCUT2D eigenvalue weighted by Crippen LogP contribution is -2.41. The quantitative estimate of drug-likeness (QED) is 0.459. The third-order valence-electron chi connectivity index (χ3n) is 5.03. The van der Waals surface area contributed by atoms with E-state index in [0.29, 0.717) is 17.0 Å². The van der Waals surface area contributed by atoms with Crippen LogP contribution in [0.3, 0.4) is 0 Å². The van der Waals surface area contributed by atoms with E-state index in [1.165, 1.54) is 23.8 Å². The molecular weight excluding hydrogens is 449 g/mol. The highest BCUT2D eigenvalue weighted by Crippen LogP contribution is 2.31. The molecule has 0 atom stereocenters. The van der Waals surface area contributed by atoms with Gasteiger partial charge in [0.15, 0.2) is 0 Å². The van der Waals surface area contributed by atoms with E-state index in [0.717, 1.165) is 16.7 Å². The van der Waals surface area contributed by atoms with Crippen LogP contribution in [-0.4, -0.2) is 21.2 Å². The molecule has 174 valence electrons. The minimum Gasteiger partial charge on any atom is -0.497 e. The Morgan fingerprint density at radius 3 is 2.29 bits per heavy atom. The predicted octanol–water partition coefficient (Wildman–Crippen LogP) is 4.21. The van der Waals surface area contributed by atoms with E-state index in [1.54, 1.807) is 54.6 Å². The predicted molar refractivity (Wildman–Crippen MR) is 121 cm³/mol. The Balaban J connectivity index is 1.83. The summed E-state index contributed by atoms with van der Waals surface area (Å²) in [6.45, 7) is 0.00420. The number of benzene rings is 3. The highest BCUT2D eigenvalue weighted by Gasteiger charge is 2.30. The number of alkyl halides is 3. The molecule has 0 unspecified atom stereocenters. The average Bonchev–Trinajstić information content (AvgIpc) is 2.82. The smallest absolute Gasteiger partial charge is 0.416 e. The summed E-state index contributed by atoms with van der Waals surface area (Å²) in [5, 5.41) is 2.70. The number of para-hydroxylation sites is 1. The number of anilines is 2. The Kier molecular flexibility index (Phi) is 6.22. The fraction of sp³-hybridized carbons (Fsp3) is 0.125. The monoisotopic (exact) mass is 468 g/mol. The SMILES string of the molecule is COc1ccc(Cn2c(Nc3cccc(C(F)(F)F)c3)nc(=O)n(-c3ccccc3)c2=O)cc1. The number of halogens is 3. The molecule has 0 aliphatic carbocycles. The van der Waals surface area contributed by atoms with Crippen molar-refractivity contribution in [1.82, 2.24) is 14.1 Å². The van der Waals surface area contributed by atoms with Gasteiger partial charge >= 0.3 is 17.6 Å². The molecule has 3 aromatic carbocycles. The van der Waals surface area contributed by atoms with Crippen molar-refractivity contribution < 1.29 is 17.9 Å². The van der Waals surface area contributed by atoms with E-state index >= 15 is 0 Å². The van der Waals surface area contributed by atoms with Crippen LogP contribution in [0.4, 0.5) is 24.8 Å². The van der Waals surface area contributed by atoms with Crippen LogP contribution in [0.5, 0.6) is 5.75 Å². The van der Waals surface area contributed by atoms with E-state index in [2.05, 4.69) is 10.3 Å². The molecule has 0 fully saturated rings. The third kappa shape index (κ3) is 4.85. The van der Waals surface area contributed by atoms with Crippen molar-refractivity contribution in [3.05, 3.63) is 111 Å². The maximum absolute atomic E-state index is 13.4. The average molecular weight is 468 g/mol. The number of hydrogen-bond acceptors (Lipinski definition) is 5. The van der Waals surface area contributed by atoms with Crippen LogP contribution in [0, 0.1) is 0 Å². The van der Waals surface area contributed by atoms with Crippen molar-refractivity contribution in [1.29, 1.82) is 0 Å². The Morgan fingerprint density at radius 1 is 0.941 bits per heavy atom. The molecule has 0 aliphatic heterocycles. The normalized spacial score (nSPS) is 11.3. The maximum Gasteiger partial charge on any atom is 0.416 e. The van der Waals surface area contributed by atoms with Crippen LogP contribution < -0.4 is 21.4 Å². The molecule has 7 nitrogen and oxygen atoms in total. The number of ether oxygens (including phenoxy) is 1. The maximum atomic E-state index is 13.4. The van der Waals surface area contributed by atoms with Crippen molar-refractivity contribution in [3.8, 4) is 11.4 Å². The largest absolute Gasteiger partial charge is 0.497 e. The second-order valence-electron chi connectivity index (χ2n) is 7.31. The molecule has 0 saturated heterocycles. The molecule has 10 heteroatoms. The number of rotatable bonds is 6. The van der Waals surface area contributed by atoms with Crippen LogP contribution >= 0.6 is 0 Å². The van der Waals surface area contributed by atoms with Crippen molar-refractivity contribution in [2.24, 2.45) is 0 Å². The molecule has 0 spiro atoms. The number of aromatic nitrogens is 3. The lowest BCUT2D eigenvalue weighted by atomic mass is 10.2. The topological polar surface area (TPSA) is 78.2 Å². The van der Waals surface area contributed by atoms with Crippen molar-refractivity contribution in [2.45, 2.75) is 12.7 Å². The summed E-state index contributed by atoms with van der Waals surface area (Å²) in [7, 11) is 1.52. The summed E-state index contributed by atoms with van der Waals surface area (Å²) in [4.78, 5) is 30.1. The van der Waals surface area contributed by atoms with Crippen LogP contribution in [-0.2, 0) is 12.7 Å². The molecule has 0 amide bonds. The molecule has 1 aromatic heterocycles. The number of hydrogen-bond donors (Lipinski definition) is 1. The fourth-order valence-corrected chi connectivity index (χ4v) is 3.35. The van der Waals surface area contributed by atoms with Crippen molar-refractivity contribution in [2.75, 3.05) is 12.4 Å². The third-order valence-corrected chi connectivity index (χ3v) is 5.03. The van der Waals surface area contributed by atoms with E-state index in [-0.39, 0.29) is 18.2 Å². The first-order valence-electron chi connectivity index (χ1n) is 10.1. The van der Waals surface area contributed by atoms with Crippen molar-refractivity contribution >= 4 is 11.6 Å². The first kappa shape index (κ1) is 22.8. The number of nitrogens with one attached hydrogen (secondary N) is 1. The Morgan fingerprint density at radius 2 is 1.65 bits per heavy atom. The minimum absolute atomic E-state index is 0.00420. The highest BCUT2D eigenvalue weighted by atomic mass is 19.4. The molecule has 1 N–H and O–H groups in total. The zero-order valence-electron chi connectivity index (χ0n) is 17.9. The van der Waals surface area contributed by atoms with Crippen LogP contribution in [0.1, 0.15) is 11.1 Å². The Hall–Kier alpha value is -4.34. The summed E-state index contributed by atoms with van der Waals surface area (Å²) in [6, 6.07) is 19.6. The highest BCUT2D eigenvalue weighted by molar-refractivity contribution is 5.55. The van der Waals surface area contributed by atoms with E-state index in [1.807, 2.05) is 0 Å². The molecule has 1 heterocycles. The molecule has 34 heavy (non-hydrogen) atoms. The van der Waals surface area contributed by atoms with Crippen molar-refractivity contribution in [3.63, 3.8) is 0 Å². The van der Waals surface area contributed by atoms with Gasteiger partial charge in [0.1, 0.15) is 5.75 Å². The zero-order chi connectivity index (χ0) is 24.3. The lowest BCUT2D eigenvalue weighted by Gasteiger charge is -2.16. The van der Waals surface area contributed by atoms with Crippen LogP contribution in [0.25, 0.3) is 5.69 Å². The van der Waals surface area contributed by atoms with Gasteiger partial charge in [-0.15, -0.1) is 0 Å². The Labute approximate surface area is 191 Å². The van der Waals surface area contributed by atoms with E-state index in [9.17, 15) is 22.8 Å². The Bertz CT molecular complexity index is 1410. The molecular formula is C24H19F3N4O3. The first-order valence-corrected chi connectivity index (χ1v) is 10.1. The van der Waals surface area contributed by atoms with Gasteiger partial charge in [0.2, 0.25) is 5.95 Å². The summed E-state index contributed by atoms with van der Waals surface area (Å²) in [6.07, 6.45) is -4.55. The van der Waals surface area contributed by atoms with E-state index in [4.69, 9.17) is 4.74 Å². The van der Waals surface area contributed by atoms with Gasteiger partial charge in [-0.2, -0.15) is 18.2 Å². The molecule has 4 aromatic rings. The summed E-state index contributed by atoms with van der Waals surface area (Å²) in [5.41, 5.74) is -1.40. The molecule has 0 saturated carbocycles. The van der Waals surface area contributed by atoms with Gasteiger partial charge in [0, 0.05) is 5.69 Å². The molecule has 0 radical (unpaired) electrons. The zero-order valence-corrected chi connectivity index (χ0v) is 17.9. The summed E-state index contributed by atoms with van der Waals surface area (Å²) in [5.74, 6) is 0.433. The van der Waals surface area contributed by atoms with Gasteiger partial charge in [-0.25, -0.2) is 14.2 Å². The van der Waals surface area contributed by atoms with Gasteiger partial charge in [-0.1, -0.05) is 36.4 Å². The standard InChI is InChI=1S/C24H19F3N4O3/c1-34-20-12-10-16(11-13-20)15-30-21(28-18-7-5-6-17(14-18)24(25,26)27)29-22(32)31(23(30)33)19-8-3-2-4-9-19/h2-14H,15H2,1H3,(H,28,29,32). The van der Waals surface area contributed by atoms with Crippen LogP contribution in [0.2, 0.25) is 0 Å². The van der Waals surface area contributed by atoms with Gasteiger partial charge in [-0.05, 0) is 48.0 Å². The molecule has 0 aliphatic rings. The van der Waals surface area contributed by atoms with Gasteiger partial charge < -0.3 is 10.1 Å². The molecule has 0 bridgehead atoms. The van der Waals surface area contributed by atoms with Crippen LogP contribution in [0.15, 0.2) is 88.5 Å². The molecule has 4 rings (SSSR count). The second-order valence-corrected chi connectivity index (χ2v) is 7.31. The summed E-state index contributed by atoms with van der Waals surface area (Å²) >= 11 is 0. The number of nitrogens with zero attached hydrogens (tertiary/aromatic N) is 3. The fourth-order valence-electron chi connectivity index (χ4n) is 3.35. The van der Waals surface area contributed by atoms with Gasteiger partial charge in [0.05, 0.1) is 24.9 Å². The summed E-state index contributed by atoms with van der Waals surface area (Å²) < 4.78 is 46.7.